The molecule has 1 N–H and O–H groups in total. The van der Waals surface area contributed by atoms with Gasteiger partial charge in [0.1, 0.15) is 5.75 Å². The van der Waals surface area contributed by atoms with Gasteiger partial charge in [-0.05, 0) is 24.6 Å². The van der Waals surface area contributed by atoms with Gasteiger partial charge in [-0.25, -0.2) is 0 Å². The Morgan fingerprint density at radius 3 is 2.65 bits per heavy atom. The molecular weight excluding hydrogens is 212 g/mol. The molecule has 0 saturated heterocycles. The van der Waals surface area contributed by atoms with Gasteiger partial charge >= 0.3 is 0 Å². The fraction of sp³-hybridized carbons (Fsp3) is 0.571. The Bertz CT molecular complexity index is 350. The standard InChI is InChI=1S/C14H24N2O/c1-11(2)15-8-9-16(4)13-10-12(3)6-7-14(13)17-5/h6-7,10-11,15H,8-9H2,1-5H3. The van der Waals surface area contributed by atoms with Crippen molar-refractivity contribution in [3.8, 4) is 5.75 Å². The fourth-order valence-electron chi connectivity index (χ4n) is 1.74. The number of aryl methyl sites for hydroxylation is 1. The largest absolute Gasteiger partial charge is 0.495 e. The maximum Gasteiger partial charge on any atom is 0.142 e. The molecule has 0 heterocycles. The summed E-state index contributed by atoms with van der Waals surface area (Å²) >= 11 is 0. The smallest absolute Gasteiger partial charge is 0.142 e. The van der Waals surface area contributed by atoms with E-state index in [4.69, 9.17) is 4.74 Å². The molecule has 17 heavy (non-hydrogen) atoms. The topological polar surface area (TPSA) is 24.5 Å². The number of anilines is 1. The summed E-state index contributed by atoms with van der Waals surface area (Å²) in [5, 5.41) is 3.42. The molecule has 0 aromatic heterocycles. The first-order chi connectivity index (χ1) is 8.04. The summed E-state index contributed by atoms with van der Waals surface area (Å²) in [6.45, 7) is 8.37. The van der Waals surface area contributed by atoms with Crippen molar-refractivity contribution in [2.45, 2.75) is 26.8 Å². The van der Waals surface area contributed by atoms with Crippen LogP contribution >= 0.6 is 0 Å². The zero-order valence-corrected chi connectivity index (χ0v) is 11.6. The van der Waals surface area contributed by atoms with Gasteiger partial charge in [0.2, 0.25) is 0 Å². The first kappa shape index (κ1) is 13.8. The normalized spacial score (nSPS) is 10.7. The second kappa shape index (κ2) is 6.50. The van der Waals surface area contributed by atoms with Gasteiger partial charge < -0.3 is 15.0 Å². The molecule has 0 aliphatic rings. The quantitative estimate of drug-likeness (QED) is 0.821. The summed E-state index contributed by atoms with van der Waals surface area (Å²) < 4.78 is 5.39. The van der Waals surface area contributed by atoms with Crippen molar-refractivity contribution < 1.29 is 4.74 Å². The molecule has 0 radical (unpaired) electrons. The molecule has 0 fully saturated rings. The Balaban J connectivity index is 2.66. The van der Waals surface area contributed by atoms with E-state index in [0.717, 1.165) is 24.5 Å². The van der Waals surface area contributed by atoms with E-state index in [9.17, 15) is 0 Å². The summed E-state index contributed by atoms with van der Waals surface area (Å²) in [5.74, 6) is 0.933. The van der Waals surface area contributed by atoms with Crippen LogP contribution in [0.5, 0.6) is 5.75 Å². The number of hydrogen-bond donors (Lipinski definition) is 1. The zero-order chi connectivity index (χ0) is 12.8. The van der Waals surface area contributed by atoms with Crippen molar-refractivity contribution in [1.82, 2.24) is 5.32 Å². The van der Waals surface area contributed by atoms with Crippen molar-refractivity contribution >= 4 is 5.69 Å². The van der Waals surface area contributed by atoms with E-state index in [0.29, 0.717) is 6.04 Å². The molecular formula is C14H24N2O. The first-order valence-corrected chi connectivity index (χ1v) is 6.13. The lowest BCUT2D eigenvalue weighted by Gasteiger charge is -2.23. The Labute approximate surface area is 105 Å². The van der Waals surface area contributed by atoms with Crippen LogP contribution in [-0.4, -0.2) is 33.3 Å². The van der Waals surface area contributed by atoms with Crippen LogP contribution < -0.4 is 15.0 Å². The molecule has 1 aromatic carbocycles. The highest BCUT2D eigenvalue weighted by Crippen LogP contribution is 2.27. The number of likely N-dealkylation sites (N-methyl/N-ethyl adjacent to an activating group) is 1. The summed E-state index contributed by atoms with van der Waals surface area (Å²) in [7, 11) is 3.81. The molecule has 1 aromatic rings. The third-order valence-electron chi connectivity index (χ3n) is 2.75. The van der Waals surface area contributed by atoms with E-state index < -0.39 is 0 Å². The van der Waals surface area contributed by atoms with E-state index in [2.05, 4.69) is 50.2 Å². The van der Waals surface area contributed by atoms with Crippen molar-refractivity contribution in [3.63, 3.8) is 0 Å². The minimum Gasteiger partial charge on any atom is -0.495 e. The summed E-state index contributed by atoms with van der Waals surface area (Å²) in [6.07, 6.45) is 0. The van der Waals surface area contributed by atoms with E-state index in [-0.39, 0.29) is 0 Å². The predicted molar refractivity (Wildman–Crippen MR) is 74.1 cm³/mol. The molecule has 0 unspecified atom stereocenters. The Hall–Kier alpha value is -1.22. The maximum absolute atomic E-state index is 5.39. The second-order valence-electron chi connectivity index (χ2n) is 4.71. The van der Waals surface area contributed by atoms with Crippen LogP contribution in [0, 0.1) is 6.92 Å². The van der Waals surface area contributed by atoms with Gasteiger partial charge in [-0.15, -0.1) is 0 Å². The van der Waals surface area contributed by atoms with E-state index >= 15 is 0 Å². The lowest BCUT2D eigenvalue weighted by atomic mass is 10.2. The van der Waals surface area contributed by atoms with E-state index in [1.54, 1.807) is 7.11 Å². The molecule has 1 rings (SSSR count). The second-order valence-corrected chi connectivity index (χ2v) is 4.71. The number of methoxy groups -OCH3 is 1. The highest BCUT2D eigenvalue weighted by molar-refractivity contribution is 5.59. The molecule has 0 aliphatic heterocycles. The number of nitrogens with zero attached hydrogens (tertiary/aromatic N) is 1. The minimum absolute atomic E-state index is 0.530. The molecule has 0 spiro atoms. The monoisotopic (exact) mass is 236 g/mol. The average molecular weight is 236 g/mol. The molecule has 0 amide bonds. The van der Waals surface area contributed by atoms with Crippen molar-refractivity contribution in [3.05, 3.63) is 23.8 Å². The Morgan fingerprint density at radius 2 is 2.06 bits per heavy atom. The SMILES string of the molecule is COc1ccc(C)cc1N(C)CCNC(C)C. The van der Waals surface area contributed by atoms with E-state index in [1.165, 1.54) is 5.56 Å². The van der Waals surface area contributed by atoms with Crippen molar-refractivity contribution in [1.29, 1.82) is 0 Å². The van der Waals surface area contributed by atoms with Crippen LogP contribution in [0.4, 0.5) is 5.69 Å². The molecule has 3 heteroatoms. The third-order valence-corrected chi connectivity index (χ3v) is 2.75. The highest BCUT2D eigenvalue weighted by atomic mass is 16.5. The maximum atomic E-state index is 5.39. The first-order valence-electron chi connectivity index (χ1n) is 6.13. The molecule has 0 aliphatic carbocycles. The van der Waals surface area contributed by atoms with Gasteiger partial charge in [-0.1, -0.05) is 19.9 Å². The lowest BCUT2D eigenvalue weighted by molar-refractivity contribution is 0.414. The predicted octanol–water partition coefficient (Wildman–Crippen LogP) is 2.44. The van der Waals surface area contributed by atoms with Crippen LogP contribution in [0.3, 0.4) is 0 Å². The number of benzene rings is 1. The van der Waals surface area contributed by atoms with Gasteiger partial charge in [0.05, 0.1) is 12.8 Å². The van der Waals surface area contributed by atoms with Crippen molar-refractivity contribution in [2.75, 3.05) is 32.1 Å². The molecule has 96 valence electrons. The Morgan fingerprint density at radius 1 is 1.35 bits per heavy atom. The van der Waals surface area contributed by atoms with Gasteiger partial charge in [0.25, 0.3) is 0 Å². The van der Waals surface area contributed by atoms with Gasteiger partial charge in [-0.2, -0.15) is 0 Å². The van der Waals surface area contributed by atoms with Gasteiger partial charge in [0.15, 0.2) is 0 Å². The van der Waals surface area contributed by atoms with Crippen LogP contribution in [0.1, 0.15) is 19.4 Å². The number of rotatable bonds is 6. The Kier molecular flexibility index (Phi) is 5.29. The van der Waals surface area contributed by atoms with Crippen LogP contribution in [0.2, 0.25) is 0 Å². The summed E-state index contributed by atoms with van der Waals surface area (Å²) in [6, 6.07) is 6.79. The van der Waals surface area contributed by atoms with Crippen LogP contribution in [0.25, 0.3) is 0 Å². The zero-order valence-electron chi connectivity index (χ0n) is 11.6. The van der Waals surface area contributed by atoms with Crippen LogP contribution in [0.15, 0.2) is 18.2 Å². The third kappa shape index (κ3) is 4.27. The average Bonchev–Trinajstić information content (AvgIpc) is 2.28. The summed E-state index contributed by atoms with van der Waals surface area (Å²) in [4.78, 5) is 2.22. The lowest BCUT2D eigenvalue weighted by Crippen LogP contribution is -2.33. The highest BCUT2D eigenvalue weighted by Gasteiger charge is 2.08. The number of ether oxygens (including phenoxy) is 1. The molecule has 0 atom stereocenters. The number of nitrogens with one attached hydrogen (secondary N) is 1. The van der Waals surface area contributed by atoms with Gasteiger partial charge in [0, 0.05) is 26.2 Å². The van der Waals surface area contributed by atoms with E-state index in [1.807, 2.05) is 6.07 Å². The molecule has 0 saturated carbocycles. The van der Waals surface area contributed by atoms with Crippen LogP contribution in [-0.2, 0) is 0 Å². The van der Waals surface area contributed by atoms with Gasteiger partial charge in [-0.3, -0.25) is 0 Å². The van der Waals surface area contributed by atoms with Crippen molar-refractivity contribution in [2.24, 2.45) is 0 Å². The fourth-order valence-corrected chi connectivity index (χ4v) is 1.74. The molecule has 3 nitrogen and oxygen atoms in total. The summed E-state index contributed by atoms with van der Waals surface area (Å²) in [5.41, 5.74) is 2.41. The molecule has 0 bridgehead atoms. The number of hydrogen-bond acceptors (Lipinski definition) is 3. The minimum atomic E-state index is 0.530.